The van der Waals surface area contributed by atoms with Crippen LogP contribution in [0.5, 0.6) is 0 Å². The minimum atomic E-state index is 0.0224. The highest BCUT2D eigenvalue weighted by Crippen LogP contribution is 2.31. The molecule has 2 aliphatic rings. The van der Waals surface area contributed by atoms with Crippen molar-refractivity contribution in [1.29, 1.82) is 0 Å². The molecule has 0 aromatic carbocycles. The van der Waals surface area contributed by atoms with Gasteiger partial charge in [0.1, 0.15) is 6.10 Å². The average molecular weight is 207 g/mol. The quantitative estimate of drug-likeness (QED) is 0.800. The second-order valence-electron chi connectivity index (χ2n) is 4.55. The first-order valence-corrected chi connectivity index (χ1v) is 5.74. The third kappa shape index (κ3) is 1.79. The molecule has 0 amide bonds. The Morgan fingerprint density at radius 3 is 3.13 bits per heavy atom. The zero-order valence-electron chi connectivity index (χ0n) is 8.85. The number of nitrogens with zero attached hydrogens (tertiary/aromatic N) is 2. The fraction of sp³-hybridized carbons (Fsp3) is 0.727. The van der Waals surface area contributed by atoms with E-state index in [1.807, 2.05) is 0 Å². The normalized spacial score (nSPS) is 25.3. The Morgan fingerprint density at radius 2 is 2.40 bits per heavy atom. The molecule has 0 radical (unpaired) electrons. The summed E-state index contributed by atoms with van der Waals surface area (Å²) in [5.74, 6) is 0.864. The summed E-state index contributed by atoms with van der Waals surface area (Å²) in [5, 5.41) is 4.59. The van der Waals surface area contributed by atoms with Gasteiger partial charge >= 0.3 is 0 Å². The molecule has 1 atom stereocenters. The van der Waals surface area contributed by atoms with E-state index in [0.29, 0.717) is 6.54 Å². The highest BCUT2D eigenvalue weighted by molar-refractivity contribution is 5.22. The molecule has 1 aliphatic heterocycles. The molecular formula is C11H17N3O. The molecule has 0 spiro atoms. The van der Waals surface area contributed by atoms with Crippen molar-refractivity contribution in [2.45, 2.75) is 31.9 Å². The van der Waals surface area contributed by atoms with Crippen molar-refractivity contribution in [3.05, 3.63) is 17.5 Å². The van der Waals surface area contributed by atoms with Gasteiger partial charge in [0.2, 0.25) is 0 Å². The Hall–Kier alpha value is -0.870. The summed E-state index contributed by atoms with van der Waals surface area (Å²) >= 11 is 0. The minimum Gasteiger partial charge on any atom is -0.370 e. The molecular weight excluding hydrogens is 190 g/mol. The molecule has 1 aromatic heterocycles. The first-order chi connectivity index (χ1) is 7.36. The van der Waals surface area contributed by atoms with E-state index in [9.17, 15) is 0 Å². The van der Waals surface area contributed by atoms with E-state index in [0.717, 1.165) is 31.2 Å². The standard InChI is InChI=1S/C11H17N3O/c12-5-10-11-9(3-4-15-10)7-14(13-11)6-8-1-2-8/h7-8,10H,1-6,12H2. The molecule has 3 rings (SSSR count). The average Bonchev–Trinajstić information content (AvgIpc) is 2.95. The van der Waals surface area contributed by atoms with Crippen molar-refractivity contribution in [2.75, 3.05) is 13.2 Å². The molecule has 1 fully saturated rings. The Morgan fingerprint density at radius 1 is 1.53 bits per heavy atom. The van der Waals surface area contributed by atoms with Crippen molar-refractivity contribution in [2.24, 2.45) is 11.7 Å². The van der Waals surface area contributed by atoms with E-state index in [4.69, 9.17) is 10.5 Å². The Kier molecular flexibility index (Phi) is 2.25. The molecule has 82 valence electrons. The van der Waals surface area contributed by atoms with Gasteiger partial charge in [-0.2, -0.15) is 5.10 Å². The summed E-state index contributed by atoms with van der Waals surface area (Å²) in [6.07, 6.45) is 5.91. The van der Waals surface area contributed by atoms with Gasteiger partial charge in [-0.25, -0.2) is 0 Å². The predicted octanol–water partition coefficient (Wildman–Crippen LogP) is 0.866. The van der Waals surface area contributed by atoms with Gasteiger partial charge in [-0.05, 0) is 30.7 Å². The van der Waals surface area contributed by atoms with E-state index in [2.05, 4.69) is 16.0 Å². The number of hydrogen-bond acceptors (Lipinski definition) is 3. The van der Waals surface area contributed by atoms with Crippen LogP contribution < -0.4 is 5.73 Å². The summed E-state index contributed by atoms with van der Waals surface area (Å²) in [6.45, 7) is 2.39. The second kappa shape index (κ2) is 3.61. The smallest absolute Gasteiger partial charge is 0.114 e. The molecule has 2 heterocycles. The van der Waals surface area contributed by atoms with Crippen LogP contribution in [-0.4, -0.2) is 22.9 Å². The number of rotatable bonds is 3. The monoisotopic (exact) mass is 207 g/mol. The van der Waals surface area contributed by atoms with Crippen LogP contribution in [0.3, 0.4) is 0 Å². The van der Waals surface area contributed by atoms with Crippen molar-refractivity contribution < 1.29 is 4.74 Å². The summed E-state index contributed by atoms with van der Waals surface area (Å²) in [6, 6.07) is 0. The van der Waals surface area contributed by atoms with Crippen LogP contribution in [0, 0.1) is 5.92 Å². The van der Waals surface area contributed by atoms with Gasteiger partial charge in [-0.15, -0.1) is 0 Å². The van der Waals surface area contributed by atoms with Crippen LogP contribution in [0.1, 0.15) is 30.2 Å². The lowest BCUT2D eigenvalue weighted by atomic mass is 10.1. The fourth-order valence-corrected chi connectivity index (χ4v) is 2.17. The number of nitrogens with two attached hydrogens (primary N) is 1. The first kappa shape index (κ1) is 9.36. The topological polar surface area (TPSA) is 53.1 Å². The molecule has 1 saturated carbocycles. The summed E-state index contributed by atoms with van der Waals surface area (Å²) in [7, 11) is 0. The summed E-state index contributed by atoms with van der Waals surface area (Å²) in [5.41, 5.74) is 8.07. The van der Waals surface area contributed by atoms with Crippen LogP contribution >= 0.6 is 0 Å². The lowest BCUT2D eigenvalue weighted by molar-refractivity contribution is 0.0454. The zero-order chi connectivity index (χ0) is 10.3. The molecule has 1 unspecified atom stereocenters. The van der Waals surface area contributed by atoms with Crippen molar-refractivity contribution in [3.8, 4) is 0 Å². The van der Waals surface area contributed by atoms with Gasteiger partial charge in [0.15, 0.2) is 0 Å². The molecule has 0 bridgehead atoms. The van der Waals surface area contributed by atoms with Gasteiger partial charge in [-0.1, -0.05) is 0 Å². The molecule has 4 nitrogen and oxygen atoms in total. The molecule has 15 heavy (non-hydrogen) atoms. The van der Waals surface area contributed by atoms with Crippen LogP contribution in [0.15, 0.2) is 6.20 Å². The molecule has 1 aromatic rings. The third-order valence-corrected chi connectivity index (χ3v) is 3.22. The Bertz CT molecular complexity index is 357. The fourth-order valence-electron chi connectivity index (χ4n) is 2.17. The van der Waals surface area contributed by atoms with Crippen molar-refractivity contribution in [3.63, 3.8) is 0 Å². The maximum absolute atomic E-state index is 5.67. The van der Waals surface area contributed by atoms with Crippen molar-refractivity contribution >= 4 is 0 Å². The number of fused-ring (bicyclic) bond motifs is 1. The Balaban J connectivity index is 1.83. The van der Waals surface area contributed by atoms with E-state index >= 15 is 0 Å². The third-order valence-electron chi connectivity index (χ3n) is 3.22. The summed E-state index contributed by atoms with van der Waals surface area (Å²) < 4.78 is 7.67. The highest BCUT2D eigenvalue weighted by atomic mass is 16.5. The first-order valence-electron chi connectivity index (χ1n) is 5.74. The second-order valence-corrected chi connectivity index (χ2v) is 4.55. The maximum Gasteiger partial charge on any atom is 0.114 e. The molecule has 4 heteroatoms. The molecule has 0 saturated heterocycles. The zero-order valence-corrected chi connectivity index (χ0v) is 8.85. The summed E-state index contributed by atoms with van der Waals surface area (Å²) in [4.78, 5) is 0. The predicted molar refractivity (Wildman–Crippen MR) is 56.4 cm³/mol. The van der Waals surface area contributed by atoms with Gasteiger partial charge in [0.25, 0.3) is 0 Å². The van der Waals surface area contributed by atoms with E-state index in [-0.39, 0.29) is 6.10 Å². The maximum atomic E-state index is 5.67. The van der Waals surface area contributed by atoms with Crippen LogP contribution in [-0.2, 0) is 17.7 Å². The van der Waals surface area contributed by atoms with Crippen LogP contribution in [0.4, 0.5) is 0 Å². The van der Waals surface area contributed by atoms with Gasteiger partial charge < -0.3 is 10.5 Å². The van der Waals surface area contributed by atoms with Crippen LogP contribution in [0.2, 0.25) is 0 Å². The largest absolute Gasteiger partial charge is 0.370 e. The van der Waals surface area contributed by atoms with Crippen molar-refractivity contribution in [1.82, 2.24) is 9.78 Å². The van der Waals surface area contributed by atoms with E-state index in [1.165, 1.54) is 18.4 Å². The van der Waals surface area contributed by atoms with Gasteiger partial charge in [0.05, 0.1) is 12.3 Å². The van der Waals surface area contributed by atoms with Crippen LogP contribution in [0.25, 0.3) is 0 Å². The molecule has 1 aliphatic carbocycles. The lowest BCUT2D eigenvalue weighted by Crippen LogP contribution is -2.22. The number of aromatic nitrogens is 2. The number of hydrogen-bond donors (Lipinski definition) is 1. The van der Waals surface area contributed by atoms with E-state index in [1.54, 1.807) is 0 Å². The minimum absolute atomic E-state index is 0.0224. The Labute approximate surface area is 89.4 Å². The lowest BCUT2D eigenvalue weighted by Gasteiger charge is -2.19. The molecule has 2 N–H and O–H groups in total. The number of ether oxygens (including phenoxy) is 1. The van der Waals surface area contributed by atoms with E-state index < -0.39 is 0 Å². The van der Waals surface area contributed by atoms with Gasteiger partial charge in [0, 0.05) is 19.3 Å². The SMILES string of the molecule is NCC1OCCc2cn(CC3CC3)nc21. The van der Waals surface area contributed by atoms with Gasteiger partial charge in [-0.3, -0.25) is 4.68 Å². The highest BCUT2D eigenvalue weighted by Gasteiger charge is 2.26.